The zero-order valence-electron chi connectivity index (χ0n) is 9.99. The van der Waals surface area contributed by atoms with Gasteiger partial charge in [-0.2, -0.15) is 0 Å². The zero-order chi connectivity index (χ0) is 13.6. The second-order valence-electron chi connectivity index (χ2n) is 4.39. The highest BCUT2D eigenvalue weighted by Crippen LogP contribution is 2.39. The van der Waals surface area contributed by atoms with Gasteiger partial charge in [0.2, 0.25) is 0 Å². The lowest BCUT2D eigenvalue weighted by molar-refractivity contribution is 0.579. The zero-order valence-corrected chi connectivity index (χ0v) is 11.6. The van der Waals surface area contributed by atoms with E-state index < -0.39 is 9.05 Å². The molecule has 0 unspecified atom stereocenters. The van der Waals surface area contributed by atoms with E-state index in [4.69, 9.17) is 10.7 Å². The summed E-state index contributed by atoms with van der Waals surface area (Å²) in [6.45, 7) is 1.82. The first-order valence-corrected chi connectivity index (χ1v) is 7.96. The summed E-state index contributed by atoms with van der Waals surface area (Å²) in [5.41, 5.74) is 1.25. The second kappa shape index (κ2) is 4.24. The molecule has 19 heavy (non-hydrogen) atoms. The van der Waals surface area contributed by atoms with E-state index in [-0.39, 0.29) is 11.2 Å². The lowest BCUT2D eigenvalue weighted by atomic mass is 10.4. The molecule has 0 aliphatic heterocycles. The molecular formula is C10H10ClN5O2S. The molecule has 0 spiro atoms. The molecule has 9 heteroatoms. The number of nitrogens with zero attached hydrogens (tertiary/aromatic N) is 5. The van der Waals surface area contributed by atoms with Gasteiger partial charge in [0, 0.05) is 22.9 Å². The third kappa shape index (κ3) is 2.33. The van der Waals surface area contributed by atoms with Gasteiger partial charge in [-0.05, 0) is 19.8 Å². The first-order chi connectivity index (χ1) is 8.97. The monoisotopic (exact) mass is 299 g/mol. The van der Waals surface area contributed by atoms with Crippen LogP contribution in [0.3, 0.4) is 0 Å². The lowest BCUT2D eigenvalue weighted by Gasteiger charge is -2.06. The molecule has 2 heterocycles. The van der Waals surface area contributed by atoms with Crippen LogP contribution in [0, 0.1) is 6.92 Å². The lowest BCUT2D eigenvalue weighted by Crippen LogP contribution is -2.06. The van der Waals surface area contributed by atoms with Crippen LogP contribution >= 0.6 is 10.7 Å². The highest BCUT2D eigenvalue weighted by atomic mass is 35.7. The van der Waals surface area contributed by atoms with Crippen molar-refractivity contribution in [3.05, 3.63) is 18.1 Å². The topological polar surface area (TPSA) is 90.6 Å². The van der Waals surface area contributed by atoms with E-state index in [9.17, 15) is 8.42 Å². The molecule has 2 aromatic heterocycles. The standard InChI is InChI=1S/C10H10ClN5O2S/c1-6-4-13-8(5-12-6)9-14-15-10(19(11,17)18)16(9)7-2-3-7/h4-5,7H,2-3H2,1H3. The van der Waals surface area contributed by atoms with Crippen LogP contribution in [0.15, 0.2) is 17.6 Å². The third-order valence-corrected chi connectivity index (χ3v) is 3.93. The van der Waals surface area contributed by atoms with Crippen LogP contribution in [0.2, 0.25) is 0 Å². The highest BCUT2D eigenvalue weighted by Gasteiger charge is 2.34. The molecule has 0 saturated heterocycles. The summed E-state index contributed by atoms with van der Waals surface area (Å²) >= 11 is 0. The van der Waals surface area contributed by atoms with Crippen LogP contribution in [0.1, 0.15) is 24.6 Å². The van der Waals surface area contributed by atoms with Gasteiger partial charge in [0.1, 0.15) is 5.69 Å². The van der Waals surface area contributed by atoms with Crippen molar-refractivity contribution >= 4 is 19.7 Å². The number of rotatable bonds is 3. The minimum atomic E-state index is -3.92. The molecule has 0 atom stereocenters. The van der Waals surface area contributed by atoms with Crippen molar-refractivity contribution in [3.8, 4) is 11.5 Å². The van der Waals surface area contributed by atoms with Crippen molar-refractivity contribution < 1.29 is 8.42 Å². The Morgan fingerprint density at radius 3 is 2.53 bits per heavy atom. The summed E-state index contributed by atoms with van der Waals surface area (Å²) in [4.78, 5) is 8.31. The van der Waals surface area contributed by atoms with Crippen LogP contribution < -0.4 is 0 Å². The van der Waals surface area contributed by atoms with Crippen LogP contribution in [0.5, 0.6) is 0 Å². The van der Waals surface area contributed by atoms with E-state index in [1.165, 1.54) is 4.57 Å². The second-order valence-corrected chi connectivity index (χ2v) is 6.85. The Morgan fingerprint density at radius 1 is 1.26 bits per heavy atom. The number of aromatic nitrogens is 5. The predicted molar refractivity (Wildman–Crippen MR) is 67.1 cm³/mol. The first-order valence-electron chi connectivity index (χ1n) is 5.65. The van der Waals surface area contributed by atoms with Gasteiger partial charge in [-0.15, -0.1) is 10.2 Å². The number of hydrogen-bond donors (Lipinski definition) is 0. The Balaban J connectivity index is 2.17. The summed E-state index contributed by atoms with van der Waals surface area (Å²) in [6, 6.07) is 0.0663. The highest BCUT2D eigenvalue weighted by molar-refractivity contribution is 8.13. The van der Waals surface area contributed by atoms with Gasteiger partial charge in [0.25, 0.3) is 14.2 Å². The maximum absolute atomic E-state index is 11.5. The molecular weight excluding hydrogens is 290 g/mol. The SMILES string of the molecule is Cc1cnc(-c2nnc(S(=O)(=O)Cl)n2C2CC2)cn1. The van der Waals surface area contributed by atoms with Crippen LogP contribution in [0.25, 0.3) is 11.5 Å². The number of halogens is 1. The smallest absolute Gasteiger partial charge is 0.292 e. The van der Waals surface area contributed by atoms with Crippen LogP contribution in [0.4, 0.5) is 0 Å². The van der Waals surface area contributed by atoms with Gasteiger partial charge in [-0.1, -0.05) is 0 Å². The fourth-order valence-electron chi connectivity index (χ4n) is 1.79. The van der Waals surface area contributed by atoms with E-state index in [0.29, 0.717) is 11.5 Å². The van der Waals surface area contributed by atoms with Crippen molar-refractivity contribution in [1.29, 1.82) is 0 Å². The molecule has 1 fully saturated rings. The Hall–Kier alpha value is -1.54. The summed E-state index contributed by atoms with van der Waals surface area (Å²) in [5.74, 6) is 0.384. The maximum atomic E-state index is 11.5. The molecule has 1 aliphatic carbocycles. The van der Waals surface area contributed by atoms with Gasteiger partial charge in [-0.25, -0.2) is 13.4 Å². The van der Waals surface area contributed by atoms with Crippen LogP contribution in [-0.4, -0.2) is 33.2 Å². The molecule has 1 aliphatic rings. The molecule has 0 aromatic carbocycles. The summed E-state index contributed by atoms with van der Waals surface area (Å²) in [6.07, 6.45) is 4.90. The average molecular weight is 300 g/mol. The van der Waals surface area contributed by atoms with Gasteiger partial charge in [0.15, 0.2) is 5.82 Å². The van der Waals surface area contributed by atoms with Gasteiger partial charge < -0.3 is 0 Å². The third-order valence-electron chi connectivity index (χ3n) is 2.80. The fraction of sp³-hybridized carbons (Fsp3) is 0.400. The van der Waals surface area contributed by atoms with Gasteiger partial charge in [-0.3, -0.25) is 9.55 Å². The van der Waals surface area contributed by atoms with E-state index in [1.807, 2.05) is 6.92 Å². The first kappa shape index (κ1) is 12.5. The van der Waals surface area contributed by atoms with E-state index in [0.717, 1.165) is 18.5 Å². The quantitative estimate of drug-likeness (QED) is 0.794. The van der Waals surface area contributed by atoms with Crippen molar-refractivity contribution in [2.24, 2.45) is 0 Å². The Kier molecular flexibility index (Phi) is 2.79. The summed E-state index contributed by atoms with van der Waals surface area (Å²) in [7, 11) is 1.45. The molecule has 3 rings (SSSR count). The van der Waals surface area contributed by atoms with Crippen molar-refractivity contribution in [1.82, 2.24) is 24.7 Å². The van der Waals surface area contributed by atoms with Crippen molar-refractivity contribution in [3.63, 3.8) is 0 Å². The Labute approximate surface area is 114 Å². The normalized spacial score (nSPS) is 15.7. The molecule has 0 N–H and O–H groups in total. The molecule has 7 nitrogen and oxygen atoms in total. The van der Waals surface area contributed by atoms with Gasteiger partial charge >= 0.3 is 0 Å². The largest absolute Gasteiger partial charge is 0.296 e. The van der Waals surface area contributed by atoms with Crippen molar-refractivity contribution in [2.75, 3.05) is 0 Å². The minimum Gasteiger partial charge on any atom is -0.292 e. The molecule has 0 amide bonds. The summed E-state index contributed by atoms with van der Waals surface area (Å²) in [5, 5.41) is 7.34. The number of hydrogen-bond acceptors (Lipinski definition) is 6. The van der Waals surface area contributed by atoms with E-state index in [2.05, 4.69) is 20.2 Å². The average Bonchev–Trinajstić information content (AvgIpc) is 3.07. The van der Waals surface area contributed by atoms with E-state index >= 15 is 0 Å². The molecule has 2 aromatic rings. The fourth-order valence-corrected chi connectivity index (χ4v) is 2.71. The Bertz CT molecular complexity index is 721. The van der Waals surface area contributed by atoms with E-state index in [1.54, 1.807) is 12.4 Å². The van der Waals surface area contributed by atoms with Gasteiger partial charge in [0.05, 0.1) is 11.9 Å². The summed E-state index contributed by atoms with van der Waals surface area (Å²) < 4.78 is 24.5. The number of aryl methyl sites for hydroxylation is 1. The van der Waals surface area contributed by atoms with Crippen molar-refractivity contribution in [2.45, 2.75) is 31.0 Å². The molecule has 0 radical (unpaired) electrons. The predicted octanol–water partition coefficient (Wildman–Crippen LogP) is 1.31. The molecule has 100 valence electrons. The molecule has 1 saturated carbocycles. The Morgan fingerprint density at radius 2 is 2.00 bits per heavy atom. The maximum Gasteiger partial charge on any atom is 0.296 e. The van der Waals surface area contributed by atoms with Crippen LogP contribution in [-0.2, 0) is 9.05 Å². The minimum absolute atomic E-state index is 0.0663. The molecule has 0 bridgehead atoms.